The van der Waals surface area contributed by atoms with E-state index in [2.05, 4.69) is 40.0 Å². The molecular formula is C16H22N4. The van der Waals surface area contributed by atoms with Gasteiger partial charge in [0.05, 0.1) is 11.0 Å². The third kappa shape index (κ3) is 2.23. The standard InChI is InChI=1S/C16H22N4/c1-19-15-5-2-12(11-20-8-6-17-7-9-20)10-14(15)18-16(19)13-3-4-13/h2,5,10,13,17H,3-4,6-9,11H2,1H3. The lowest BCUT2D eigenvalue weighted by Crippen LogP contribution is -2.42. The van der Waals surface area contributed by atoms with Crippen molar-refractivity contribution in [1.29, 1.82) is 0 Å². The SMILES string of the molecule is Cn1c(C2CC2)nc2cc(CN3CCNCC3)ccc21. The van der Waals surface area contributed by atoms with Crippen molar-refractivity contribution in [3.05, 3.63) is 29.6 Å². The van der Waals surface area contributed by atoms with Gasteiger partial charge in [0.15, 0.2) is 0 Å². The van der Waals surface area contributed by atoms with Gasteiger partial charge in [-0.1, -0.05) is 6.07 Å². The number of aryl methyl sites for hydroxylation is 1. The summed E-state index contributed by atoms with van der Waals surface area (Å²) < 4.78 is 2.28. The van der Waals surface area contributed by atoms with Crippen molar-refractivity contribution >= 4 is 11.0 Å². The minimum Gasteiger partial charge on any atom is -0.331 e. The third-order valence-corrected chi connectivity index (χ3v) is 4.54. The van der Waals surface area contributed by atoms with Crippen molar-refractivity contribution in [2.45, 2.75) is 25.3 Å². The molecule has 1 saturated carbocycles. The molecule has 4 rings (SSSR count). The number of hydrogen-bond acceptors (Lipinski definition) is 3. The van der Waals surface area contributed by atoms with Crippen LogP contribution in [0, 0.1) is 0 Å². The van der Waals surface area contributed by atoms with Crippen LogP contribution in [0.1, 0.15) is 30.1 Å². The summed E-state index contributed by atoms with van der Waals surface area (Å²) >= 11 is 0. The fraction of sp³-hybridized carbons (Fsp3) is 0.562. The average molecular weight is 270 g/mol. The van der Waals surface area contributed by atoms with E-state index in [0.717, 1.165) is 32.7 Å². The molecule has 4 nitrogen and oxygen atoms in total. The number of nitrogens with zero attached hydrogens (tertiary/aromatic N) is 3. The van der Waals surface area contributed by atoms with Crippen LogP contribution in [0.2, 0.25) is 0 Å². The molecule has 2 fully saturated rings. The molecule has 1 saturated heterocycles. The summed E-state index contributed by atoms with van der Waals surface area (Å²) in [6.45, 7) is 5.56. The summed E-state index contributed by atoms with van der Waals surface area (Å²) in [6, 6.07) is 6.79. The topological polar surface area (TPSA) is 33.1 Å². The first-order valence-corrected chi connectivity index (χ1v) is 7.69. The molecule has 2 heterocycles. The van der Waals surface area contributed by atoms with Crippen molar-refractivity contribution in [1.82, 2.24) is 19.8 Å². The van der Waals surface area contributed by atoms with Gasteiger partial charge in [-0.2, -0.15) is 0 Å². The molecule has 0 bridgehead atoms. The first-order chi connectivity index (χ1) is 9.81. The van der Waals surface area contributed by atoms with Gasteiger partial charge in [0, 0.05) is 45.7 Å². The first kappa shape index (κ1) is 12.4. The lowest BCUT2D eigenvalue weighted by molar-refractivity contribution is 0.233. The third-order valence-electron chi connectivity index (χ3n) is 4.54. The Labute approximate surface area is 119 Å². The molecule has 0 unspecified atom stereocenters. The largest absolute Gasteiger partial charge is 0.331 e. The Kier molecular flexibility index (Phi) is 3.00. The second-order valence-electron chi connectivity index (χ2n) is 6.15. The molecule has 2 aliphatic rings. The normalized spacial score (nSPS) is 20.6. The summed E-state index contributed by atoms with van der Waals surface area (Å²) in [4.78, 5) is 7.38. The highest BCUT2D eigenvalue weighted by Crippen LogP contribution is 2.40. The highest BCUT2D eigenvalue weighted by atomic mass is 15.2. The molecule has 1 aromatic carbocycles. The van der Waals surface area contributed by atoms with E-state index in [4.69, 9.17) is 4.98 Å². The summed E-state index contributed by atoms with van der Waals surface area (Å²) in [6.07, 6.45) is 2.62. The number of rotatable bonds is 3. The predicted molar refractivity (Wildman–Crippen MR) is 80.8 cm³/mol. The van der Waals surface area contributed by atoms with E-state index in [1.807, 2.05) is 0 Å². The Balaban J connectivity index is 1.61. The summed E-state index contributed by atoms with van der Waals surface area (Å²) in [5, 5.41) is 3.40. The minimum atomic E-state index is 0.712. The number of benzene rings is 1. The minimum absolute atomic E-state index is 0.712. The van der Waals surface area contributed by atoms with Gasteiger partial charge in [-0.3, -0.25) is 4.90 Å². The zero-order valence-electron chi connectivity index (χ0n) is 12.1. The van der Waals surface area contributed by atoms with Gasteiger partial charge in [0.2, 0.25) is 0 Å². The first-order valence-electron chi connectivity index (χ1n) is 7.69. The molecule has 1 aliphatic carbocycles. The van der Waals surface area contributed by atoms with Gasteiger partial charge in [-0.15, -0.1) is 0 Å². The van der Waals surface area contributed by atoms with Crippen LogP contribution in [0.5, 0.6) is 0 Å². The summed E-state index contributed by atoms with van der Waals surface area (Å²) in [5.74, 6) is 1.99. The number of imidazole rings is 1. The van der Waals surface area contributed by atoms with Crippen LogP contribution in [-0.2, 0) is 13.6 Å². The van der Waals surface area contributed by atoms with Gasteiger partial charge >= 0.3 is 0 Å². The monoisotopic (exact) mass is 270 g/mol. The van der Waals surface area contributed by atoms with E-state index < -0.39 is 0 Å². The fourth-order valence-electron chi connectivity index (χ4n) is 3.20. The Morgan fingerprint density at radius 1 is 1.25 bits per heavy atom. The maximum atomic E-state index is 4.86. The molecule has 4 heteroatoms. The average Bonchev–Trinajstić information content (AvgIpc) is 3.26. The van der Waals surface area contributed by atoms with Crippen molar-refractivity contribution in [2.75, 3.05) is 26.2 Å². The van der Waals surface area contributed by atoms with Crippen molar-refractivity contribution in [2.24, 2.45) is 7.05 Å². The number of fused-ring (bicyclic) bond motifs is 1. The van der Waals surface area contributed by atoms with Crippen molar-refractivity contribution < 1.29 is 0 Å². The van der Waals surface area contributed by atoms with E-state index in [-0.39, 0.29) is 0 Å². The highest BCUT2D eigenvalue weighted by molar-refractivity contribution is 5.77. The Morgan fingerprint density at radius 3 is 2.80 bits per heavy atom. The van der Waals surface area contributed by atoms with Crippen molar-refractivity contribution in [3.8, 4) is 0 Å². The highest BCUT2D eigenvalue weighted by Gasteiger charge is 2.28. The molecule has 0 atom stereocenters. The quantitative estimate of drug-likeness (QED) is 0.924. The van der Waals surface area contributed by atoms with E-state index in [9.17, 15) is 0 Å². The van der Waals surface area contributed by atoms with E-state index in [1.54, 1.807) is 0 Å². The molecule has 1 aromatic heterocycles. The molecule has 0 amide bonds. The molecule has 2 aromatic rings. The van der Waals surface area contributed by atoms with Crippen LogP contribution in [0.15, 0.2) is 18.2 Å². The number of piperazine rings is 1. The predicted octanol–water partition coefficient (Wildman–Crippen LogP) is 1.86. The van der Waals surface area contributed by atoms with E-state index in [0.29, 0.717) is 5.92 Å². The summed E-state index contributed by atoms with van der Waals surface area (Å²) in [5.41, 5.74) is 3.83. The Morgan fingerprint density at radius 2 is 2.05 bits per heavy atom. The van der Waals surface area contributed by atoms with Gasteiger partial charge in [-0.05, 0) is 30.5 Å². The van der Waals surface area contributed by atoms with E-state index >= 15 is 0 Å². The number of hydrogen-bond donors (Lipinski definition) is 1. The number of nitrogens with one attached hydrogen (secondary N) is 1. The fourth-order valence-corrected chi connectivity index (χ4v) is 3.20. The molecule has 0 spiro atoms. The molecular weight excluding hydrogens is 248 g/mol. The number of aromatic nitrogens is 2. The lowest BCUT2D eigenvalue weighted by atomic mass is 10.2. The van der Waals surface area contributed by atoms with Crippen LogP contribution < -0.4 is 5.32 Å². The summed E-state index contributed by atoms with van der Waals surface area (Å²) in [7, 11) is 2.15. The van der Waals surface area contributed by atoms with E-state index in [1.165, 1.54) is 35.3 Å². The smallest absolute Gasteiger partial charge is 0.112 e. The van der Waals surface area contributed by atoms with Crippen LogP contribution in [0.25, 0.3) is 11.0 Å². The zero-order valence-corrected chi connectivity index (χ0v) is 12.1. The molecule has 20 heavy (non-hydrogen) atoms. The van der Waals surface area contributed by atoms with Gasteiger partial charge in [0.25, 0.3) is 0 Å². The van der Waals surface area contributed by atoms with Crippen LogP contribution in [0.3, 0.4) is 0 Å². The maximum absolute atomic E-state index is 4.86. The lowest BCUT2D eigenvalue weighted by Gasteiger charge is -2.27. The van der Waals surface area contributed by atoms with Gasteiger partial charge in [-0.25, -0.2) is 4.98 Å². The maximum Gasteiger partial charge on any atom is 0.112 e. The van der Waals surface area contributed by atoms with Crippen LogP contribution in [-0.4, -0.2) is 40.6 Å². The van der Waals surface area contributed by atoms with Crippen LogP contribution in [0.4, 0.5) is 0 Å². The van der Waals surface area contributed by atoms with Gasteiger partial charge in [0.1, 0.15) is 5.82 Å². The Hall–Kier alpha value is -1.39. The van der Waals surface area contributed by atoms with Gasteiger partial charge < -0.3 is 9.88 Å². The second kappa shape index (κ2) is 4.86. The molecule has 0 radical (unpaired) electrons. The van der Waals surface area contributed by atoms with Crippen LogP contribution >= 0.6 is 0 Å². The molecule has 1 aliphatic heterocycles. The molecule has 1 N–H and O–H groups in total. The second-order valence-corrected chi connectivity index (χ2v) is 6.15. The Bertz CT molecular complexity index is 621. The van der Waals surface area contributed by atoms with Crippen molar-refractivity contribution in [3.63, 3.8) is 0 Å². The zero-order chi connectivity index (χ0) is 13.5. The molecule has 106 valence electrons.